The maximum Gasteiger partial charge on any atom is 0.231 e. The molecule has 0 spiro atoms. The van der Waals surface area contributed by atoms with Gasteiger partial charge in [0.15, 0.2) is 11.5 Å². The standard InChI is InChI=1S/C16H22Br2O4/c1-3-4-5-19-6-7-20-16(11(2)17)12-8-14-15(9-13(12)18)22-10-21-14/h8-9,11,16H,3-7,10H2,1-2H3/t11-,16+/m1/s1. The number of fused-ring (bicyclic) bond motifs is 1. The summed E-state index contributed by atoms with van der Waals surface area (Å²) in [5.74, 6) is 1.53. The first kappa shape index (κ1) is 18.0. The van der Waals surface area contributed by atoms with Gasteiger partial charge >= 0.3 is 0 Å². The highest BCUT2D eigenvalue weighted by Gasteiger charge is 2.24. The Morgan fingerprint density at radius 2 is 1.91 bits per heavy atom. The van der Waals surface area contributed by atoms with Crippen molar-refractivity contribution in [3.8, 4) is 11.5 Å². The second-order valence-corrected chi connectivity index (χ2v) is 7.46. The van der Waals surface area contributed by atoms with Gasteiger partial charge in [0, 0.05) is 21.5 Å². The van der Waals surface area contributed by atoms with Gasteiger partial charge in [-0.1, -0.05) is 45.2 Å². The van der Waals surface area contributed by atoms with Crippen LogP contribution in [0, 0.1) is 0 Å². The SMILES string of the molecule is CCCCOCCO[C@H](c1cc2c(cc1Br)OCO2)[C@@H](C)Br. The molecule has 0 radical (unpaired) electrons. The minimum Gasteiger partial charge on any atom is -0.454 e. The largest absolute Gasteiger partial charge is 0.454 e. The zero-order valence-corrected chi connectivity index (χ0v) is 16.1. The van der Waals surface area contributed by atoms with E-state index < -0.39 is 0 Å². The minimum absolute atomic E-state index is 0.0846. The highest BCUT2D eigenvalue weighted by atomic mass is 79.9. The predicted octanol–water partition coefficient (Wildman–Crippen LogP) is 4.84. The third kappa shape index (κ3) is 4.85. The van der Waals surface area contributed by atoms with Crippen molar-refractivity contribution in [2.24, 2.45) is 0 Å². The molecule has 1 aliphatic heterocycles. The molecule has 0 saturated carbocycles. The topological polar surface area (TPSA) is 36.9 Å². The summed E-state index contributed by atoms with van der Waals surface area (Å²) in [6.07, 6.45) is 2.15. The van der Waals surface area contributed by atoms with Crippen molar-refractivity contribution in [1.29, 1.82) is 0 Å². The van der Waals surface area contributed by atoms with Crippen LogP contribution in [0.25, 0.3) is 0 Å². The Kier molecular flexibility index (Phi) is 7.47. The monoisotopic (exact) mass is 436 g/mol. The third-order valence-corrected chi connectivity index (χ3v) is 4.55. The molecular weight excluding hydrogens is 416 g/mol. The van der Waals surface area contributed by atoms with E-state index in [1.807, 2.05) is 12.1 Å². The Morgan fingerprint density at radius 1 is 1.18 bits per heavy atom. The summed E-state index contributed by atoms with van der Waals surface area (Å²) >= 11 is 7.22. The van der Waals surface area contributed by atoms with Crippen LogP contribution in [-0.2, 0) is 9.47 Å². The Labute approximate surface area is 148 Å². The number of benzene rings is 1. The first-order chi connectivity index (χ1) is 10.6. The van der Waals surface area contributed by atoms with Crippen LogP contribution in [0.1, 0.15) is 38.4 Å². The number of rotatable bonds is 9. The van der Waals surface area contributed by atoms with E-state index >= 15 is 0 Å². The molecule has 1 aliphatic rings. The fourth-order valence-corrected chi connectivity index (χ4v) is 3.19. The predicted molar refractivity (Wildman–Crippen MR) is 93.1 cm³/mol. The summed E-state index contributed by atoms with van der Waals surface area (Å²) in [4.78, 5) is 0.166. The van der Waals surface area contributed by atoms with Crippen LogP contribution < -0.4 is 9.47 Å². The number of unbranched alkanes of at least 4 members (excludes halogenated alkanes) is 1. The lowest BCUT2D eigenvalue weighted by molar-refractivity contribution is 0.00445. The van der Waals surface area contributed by atoms with E-state index in [0.29, 0.717) is 13.2 Å². The number of hydrogen-bond acceptors (Lipinski definition) is 4. The quantitative estimate of drug-likeness (QED) is 0.409. The molecule has 0 bridgehead atoms. The molecular formula is C16H22Br2O4. The molecule has 2 atom stereocenters. The van der Waals surface area contributed by atoms with E-state index in [9.17, 15) is 0 Å². The average Bonchev–Trinajstić information content (AvgIpc) is 2.93. The Hall–Kier alpha value is -0.300. The molecule has 22 heavy (non-hydrogen) atoms. The molecule has 0 aromatic heterocycles. The van der Waals surface area contributed by atoms with Crippen molar-refractivity contribution >= 4 is 31.9 Å². The molecule has 1 heterocycles. The highest BCUT2D eigenvalue weighted by molar-refractivity contribution is 9.10. The summed E-state index contributed by atoms with van der Waals surface area (Å²) in [5, 5.41) is 0. The van der Waals surface area contributed by atoms with E-state index in [4.69, 9.17) is 18.9 Å². The normalized spacial score (nSPS) is 15.8. The maximum atomic E-state index is 6.01. The van der Waals surface area contributed by atoms with Gasteiger partial charge in [0.2, 0.25) is 6.79 Å². The summed E-state index contributed by atoms with van der Waals surface area (Å²) in [6, 6.07) is 3.91. The summed E-state index contributed by atoms with van der Waals surface area (Å²) < 4.78 is 23.4. The van der Waals surface area contributed by atoms with Crippen LogP contribution in [0.15, 0.2) is 16.6 Å². The molecule has 4 nitrogen and oxygen atoms in total. The van der Waals surface area contributed by atoms with Crippen LogP contribution in [-0.4, -0.2) is 31.4 Å². The number of ether oxygens (including phenoxy) is 4. The van der Waals surface area contributed by atoms with Gasteiger partial charge in [-0.3, -0.25) is 0 Å². The smallest absolute Gasteiger partial charge is 0.231 e. The molecule has 1 aromatic carbocycles. The van der Waals surface area contributed by atoms with Gasteiger partial charge in [-0.2, -0.15) is 0 Å². The van der Waals surface area contributed by atoms with E-state index in [0.717, 1.165) is 41.0 Å². The van der Waals surface area contributed by atoms with E-state index in [1.165, 1.54) is 0 Å². The summed E-state index contributed by atoms with van der Waals surface area (Å²) in [6.45, 7) is 6.46. The summed E-state index contributed by atoms with van der Waals surface area (Å²) in [7, 11) is 0. The van der Waals surface area contributed by atoms with Gasteiger partial charge < -0.3 is 18.9 Å². The molecule has 0 saturated heterocycles. The zero-order valence-electron chi connectivity index (χ0n) is 12.9. The first-order valence-electron chi connectivity index (χ1n) is 7.56. The molecule has 0 N–H and O–H groups in total. The van der Waals surface area contributed by atoms with E-state index in [1.54, 1.807) is 0 Å². The van der Waals surface area contributed by atoms with Gasteiger partial charge in [0.05, 0.1) is 19.3 Å². The zero-order chi connectivity index (χ0) is 15.9. The molecule has 0 unspecified atom stereocenters. The lowest BCUT2D eigenvalue weighted by Crippen LogP contribution is -2.17. The molecule has 6 heteroatoms. The number of halogens is 2. The van der Waals surface area contributed by atoms with E-state index in [-0.39, 0.29) is 17.7 Å². The lowest BCUT2D eigenvalue weighted by Gasteiger charge is -2.22. The van der Waals surface area contributed by atoms with Crippen molar-refractivity contribution in [2.75, 3.05) is 26.6 Å². The van der Waals surface area contributed by atoms with Crippen molar-refractivity contribution in [3.05, 3.63) is 22.2 Å². The molecule has 0 amide bonds. The third-order valence-electron chi connectivity index (χ3n) is 3.38. The number of hydrogen-bond donors (Lipinski definition) is 0. The van der Waals surface area contributed by atoms with Crippen LogP contribution in [0.4, 0.5) is 0 Å². The Morgan fingerprint density at radius 3 is 2.59 bits per heavy atom. The van der Waals surface area contributed by atoms with Crippen molar-refractivity contribution in [3.63, 3.8) is 0 Å². The van der Waals surface area contributed by atoms with Gasteiger partial charge in [-0.15, -0.1) is 0 Å². The first-order valence-corrected chi connectivity index (χ1v) is 9.26. The Bertz CT molecular complexity index is 479. The summed E-state index contributed by atoms with van der Waals surface area (Å²) in [5.41, 5.74) is 1.04. The molecule has 0 aliphatic carbocycles. The van der Waals surface area contributed by atoms with Crippen molar-refractivity contribution < 1.29 is 18.9 Å². The highest BCUT2D eigenvalue weighted by Crippen LogP contribution is 2.41. The van der Waals surface area contributed by atoms with Gasteiger partial charge in [-0.05, 0) is 25.5 Å². The van der Waals surface area contributed by atoms with E-state index in [2.05, 4.69) is 45.7 Å². The van der Waals surface area contributed by atoms with Crippen LogP contribution in [0.5, 0.6) is 11.5 Å². The second kappa shape index (κ2) is 9.11. The van der Waals surface area contributed by atoms with Gasteiger partial charge in [0.25, 0.3) is 0 Å². The van der Waals surface area contributed by atoms with Crippen molar-refractivity contribution in [2.45, 2.75) is 37.6 Å². The number of alkyl halides is 1. The lowest BCUT2D eigenvalue weighted by atomic mass is 10.1. The fourth-order valence-electron chi connectivity index (χ4n) is 2.20. The van der Waals surface area contributed by atoms with Gasteiger partial charge in [0.1, 0.15) is 0 Å². The molecule has 1 aromatic rings. The van der Waals surface area contributed by atoms with Crippen LogP contribution in [0.3, 0.4) is 0 Å². The van der Waals surface area contributed by atoms with Gasteiger partial charge in [-0.25, -0.2) is 0 Å². The fraction of sp³-hybridized carbons (Fsp3) is 0.625. The average molecular weight is 438 g/mol. The molecule has 124 valence electrons. The molecule has 2 rings (SSSR count). The van der Waals surface area contributed by atoms with Crippen LogP contribution in [0.2, 0.25) is 0 Å². The minimum atomic E-state index is -0.0846. The van der Waals surface area contributed by atoms with Crippen LogP contribution >= 0.6 is 31.9 Å². The van der Waals surface area contributed by atoms with Crippen molar-refractivity contribution in [1.82, 2.24) is 0 Å². The second-order valence-electron chi connectivity index (χ2n) is 5.16. The maximum absolute atomic E-state index is 6.01. The Balaban J connectivity index is 1.96. The molecule has 0 fully saturated rings.